The van der Waals surface area contributed by atoms with Gasteiger partial charge in [-0.15, -0.1) is 0 Å². The molecule has 1 aromatic heterocycles. The fourth-order valence-corrected chi connectivity index (χ4v) is 3.64. The first-order chi connectivity index (χ1) is 10.2. The Morgan fingerprint density at radius 1 is 1.33 bits per heavy atom. The predicted molar refractivity (Wildman–Crippen MR) is 77.7 cm³/mol. The molecule has 2 bridgehead atoms. The van der Waals surface area contributed by atoms with Gasteiger partial charge in [0.15, 0.2) is 5.82 Å². The molecule has 2 unspecified atom stereocenters. The SMILES string of the molecule is Cc1cc(NC(=O)CN2C3CCC2c2ccccc23)no1. The van der Waals surface area contributed by atoms with Crippen LogP contribution in [0.2, 0.25) is 0 Å². The Bertz CT molecular complexity index is 663. The summed E-state index contributed by atoms with van der Waals surface area (Å²) in [5, 5.41) is 6.60. The standard InChI is InChI=1S/C16H17N3O2/c1-10-8-15(18-21-10)17-16(20)9-19-13-6-7-14(19)12-5-3-2-4-11(12)13/h2-5,8,13-14H,6-7,9H2,1H3,(H,17,18,20). The van der Waals surface area contributed by atoms with Gasteiger partial charge in [-0.1, -0.05) is 29.4 Å². The number of hydrogen-bond donors (Lipinski definition) is 1. The second-order valence-electron chi connectivity index (χ2n) is 5.78. The lowest BCUT2D eigenvalue weighted by Gasteiger charge is -2.20. The summed E-state index contributed by atoms with van der Waals surface area (Å²) in [6.07, 6.45) is 2.27. The fourth-order valence-electron chi connectivity index (χ4n) is 3.64. The van der Waals surface area contributed by atoms with Gasteiger partial charge in [-0.2, -0.15) is 0 Å². The third-order valence-corrected chi connectivity index (χ3v) is 4.45. The van der Waals surface area contributed by atoms with E-state index in [4.69, 9.17) is 4.52 Å². The van der Waals surface area contributed by atoms with Crippen molar-refractivity contribution in [3.8, 4) is 0 Å². The minimum Gasteiger partial charge on any atom is -0.360 e. The van der Waals surface area contributed by atoms with E-state index in [-0.39, 0.29) is 5.91 Å². The van der Waals surface area contributed by atoms with E-state index in [1.807, 2.05) is 0 Å². The summed E-state index contributed by atoms with van der Waals surface area (Å²) in [4.78, 5) is 14.5. The van der Waals surface area contributed by atoms with Gasteiger partial charge in [0.2, 0.25) is 5.91 Å². The molecule has 108 valence electrons. The molecule has 2 aliphatic heterocycles. The Morgan fingerprint density at radius 3 is 2.57 bits per heavy atom. The van der Waals surface area contributed by atoms with Crippen molar-refractivity contribution in [3.05, 3.63) is 47.2 Å². The molecule has 2 atom stereocenters. The summed E-state index contributed by atoms with van der Waals surface area (Å²) in [6.45, 7) is 2.20. The third-order valence-electron chi connectivity index (χ3n) is 4.45. The molecular formula is C16H17N3O2. The van der Waals surface area contributed by atoms with E-state index in [1.165, 1.54) is 11.1 Å². The van der Waals surface area contributed by atoms with Crippen LogP contribution in [0, 0.1) is 6.92 Å². The average Bonchev–Trinajstić information content (AvgIpc) is 3.14. The zero-order valence-corrected chi connectivity index (χ0v) is 11.9. The highest BCUT2D eigenvalue weighted by Crippen LogP contribution is 2.52. The van der Waals surface area contributed by atoms with Gasteiger partial charge in [-0.05, 0) is 30.9 Å². The number of anilines is 1. The number of aryl methyl sites for hydroxylation is 1. The van der Waals surface area contributed by atoms with Gasteiger partial charge < -0.3 is 9.84 Å². The zero-order chi connectivity index (χ0) is 14.4. The Morgan fingerprint density at radius 2 is 2.00 bits per heavy atom. The molecule has 1 saturated heterocycles. The van der Waals surface area contributed by atoms with Gasteiger partial charge in [0.25, 0.3) is 0 Å². The summed E-state index contributed by atoms with van der Waals surface area (Å²) in [5.74, 6) is 1.15. The highest BCUT2D eigenvalue weighted by atomic mass is 16.5. The molecule has 5 nitrogen and oxygen atoms in total. The van der Waals surface area contributed by atoms with Gasteiger partial charge in [0.1, 0.15) is 5.76 Å². The Hall–Kier alpha value is -2.14. The van der Waals surface area contributed by atoms with Crippen molar-refractivity contribution in [2.75, 3.05) is 11.9 Å². The highest BCUT2D eigenvalue weighted by Gasteiger charge is 2.44. The van der Waals surface area contributed by atoms with Crippen LogP contribution in [0.15, 0.2) is 34.9 Å². The molecule has 0 saturated carbocycles. The molecule has 0 spiro atoms. The minimum atomic E-state index is -0.0343. The molecular weight excluding hydrogens is 266 g/mol. The van der Waals surface area contributed by atoms with E-state index in [9.17, 15) is 4.79 Å². The maximum Gasteiger partial charge on any atom is 0.239 e. The molecule has 2 aliphatic rings. The second kappa shape index (κ2) is 4.70. The van der Waals surface area contributed by atoms with Crippen LogP contribution >= 0.6 is 0 Å². The summed E-state index contributed by atoms with van der Waals surface area (Å²) in [6, 6.07) is 11.0. The van der Waals surface area contributed by atoms with Crippen LogP contribution in [0.25, 0.3) is 0 Å². The minimum absolute atomic E-state index is 0.0343. The molecule has 0 aliphatic carbocycles. The number of carbonyl (C=O) groups excluding carboxylic acids is 1. The van der Waals surface area contributed by atoms with E-state index in [0.717, 1.165) is 12.8 Å². The normalized spacial score (nSPS) is 23.3. The highest BCUT2D eigenvalue weighted by molar-refractivity contribution is 5.91. The molecule has 1 N–H and O–H groups in total. The van der Waals surface area contributed by atoms with Crippen LogP contribution in [0.5, 0.6) is 0 Å². The van der Waals surface area contributed by atoms with Gasteiger partial charge >= 0.3 is 0 Å². The van der Waals surface area contributed by atoms with Crippen molar-refractivity contribution in [2.45, 2.75) is 31.8 Å². The van der Waals surface area contributed by atoms with Crippen molar-refractivity contribution in [1.29, 1.82) is 0 Å². The number of amides is 1. The lowest BCUT2D eigenvalue weighted by Crippen LogP contribution is -2.31. The van der Waals surface area contributed by atoms with Crippen molar-refractivity contribution in [2.24, 2.45) is 0 Å². The number of hydrogen-bond acceptors (Lipinski definition) is 4. The van der Waals surface area contributed by atoms with E-state index >= 15 is 0 Å². The lowest BCUT2D eigenvalue weighted by molar-refractivity contribution is -0.117. The number of benzene rings is 1. The second-order valence-corrected chi connectivity index (χ2v) is 5.78. The third kappa shape index (κ3) is 2.05. The largest absolute Gasteiger partial charge is 0.360 e. The van der Waals surface area contributed by atoms with Crippen molar-refractivity contribution in [1.82, 2.24) is 10.1 Å². The number of fused-ring (bicyclic) bond motifs is 5. The van der Waals surface area contributed by atoms with E-state index in [2.05, 4.69) is 39.6 Å². The van der Waals surface area contributed by atoms with Crippen molar-refractivity contribution >= 4 is 11.7 Å². The molecule has 5 heteroatoms. The smallest absolute Gasteiger partial charge is 0.239 e. The molecule has 3 heterocycles. The number of nitrogens with one attached hydrogen (secondary N) is 1. The van der Waals surface area contributed by atoms with Gasteiger partial charge in [0.05, 0.1) is 6.54 Å². The first kappa shape index (κ1) is 12.6. The maximum absolute atomic E-state index is 12.2. The maximum atomic E-state index is 12.2. The topological polar surface area (TPSA) is 58.4 Å². The molecule has 4 rings (SSSR count). The monoisotopic (exact) mass is 283 g/mol. The van der Waals surface area contributed by atoms with E-state index < -0.39 is 0 Å². The van der Waals surface area contributed by atoms with Crippen molar-refractivity contribution in [3.63, 3.8) is 0 Å². The van der Waals surface area contributed by atoms with Crippen LogP contribution in [0.4, 0.5) is 5.82 Å². The fraction of sp³-hybridized carbons (Fsp3) is 0.375. The molecule has 21 heavy (non-hydrogen) atoms. The average molecular weight is 283 g/mol. The zero-order valence-electron chi connectivity index (χ0n) is 11.9. The van der Waals surface area contributed by atoms with Gasteiger partial charge in [-0.25, -0.2) is 0 Å². The first-order valence-electron chi connectivity index (χ1n) is 7.30. The molecule has 1 amide bonds. The quantitative estimate of drug-likeness (QED) is 0.941. The summed E-state index contributed by atoms with van der Waals surface area (Å²) < 4.78 is 4.96. The molecule has 1 aromatic carbocycles. The number of nitrogens with zero attached hydrogens (tertiary/aromatic N) is 2. The molecule has 1 fully saturated rings. The van der Waals surface area contributed by atoms with Gasteiger partial charge in [0, 0.05) is 18.2 Å². The van der Waals surface area contributed by atoms with E-state index in [1.54, 1.807) is 13.0 Å². The van der Waals surface area contributed by atoms with Crippen LogP contribution in [0.1, 0.15) is 41.8 Å². The number of rotatable bonds is 3. The van der Waals surface area contributed by atoms with Crippen LogP contribution in [-0.4, -0.2) is 22.5 Å². The van der Waals surface area contributed by atoms with Crippen molar-refractivity contribution < 1.29 is 9.32 Å². The van der Waals surface area contributed by atoms with Crippen LogP contribution < -0.4 is 5.32 Å². The lowest BCUT2D eigenvalue weighted by atomic mass is 9.92. The van der Waals surface area contributed by atoms with Crippen LogP contribution in [-0.2, 0) is 4.79 Å². The Labute approximate surface area is 122 Å². The summed E-state index contributed by atoms with van der Waals surface area (Å²) in [7, 11) is 0. The van der Waals surface area contributed by atoms with Crippen LogP contribution in [0.3, 0.4) is 0 Å². The molecule has 2 aromatic rings. The summed E-state index contributed by atoms with van der Waals surface area (Å²) >= 11 is 0. The predicted octanol–water partition coefficient (Wildman–Crippen LogP) is 2.81. The Kier molecular flexibility index (Phi) is 2.82. The number of aromatic nitrogens is 1. The van der Waals surface area contributed by atoms with E-state index in [0.29, 0.717) is 30.2 Å². The summed E-state index contributed by atoms with van der Waals surface area (Å²) in [5.41, 5.74) is 2.78. The molecule has 0 radical (unpaired) electrons. The Balaban J connectivity index is 1.48. The first-order valence-corrected chi connectivity index (χ1v) is 7.30. The van der Waals surface area contributed by atoms with Gasteiger partial charge in [-0.3, -0.25) is 9.69 Å². The number of carbonyl (C=O) groups is 1.